The predicted octanol–water partition coefficient (Wildman–Crippen LogP) is 5.08. The molecule has 11 heteroatoms. The molecule has 0 unspecified atom stereocenters. The van der Waals surface area contributed by atoms with E-state index in [1.54, 1.807) is 12.3 Å². The van der Waals surface area contributed by atoms with Crippen molar-refractivity contribution in [2.45, 2.75) is 6.18 Å². The van der Waals surface area contributed by atoms with Crippen molar-refractivity contribution in [2.75, 3.05) is 0 Å². The highest BCUT2D eigenvalue weighted by molar-refractivity contribution is 14.1. The Bertz CT molecular complexity index is 1130. The van der Waals surface area contributed by atoms with E-state index < -0.39 is 33.0 Å². The fourth-order valence-corrected chi connectivity index (χ4v) is 3.94. The van der Waals surface area contributed by atoms with E-state index in [9.17, 15) is 13.2 Å². The van der Waals surface area contributed by atoms with Gasteiger partial charge < -0.3 is 3.53 Å². The summed E-state index contributed by atoms with van der Waals surface area (Å²) in [6.07, 6.45) is 0.215. The molecule has 0 atom stereocenters. The van der Waals surface area contributed by atoms with Crippen LogP contribution in [0.25, 0.3) is 22.3 Å². The number of nitrogens with zero attached hydrogens (tertiary/aromatic N) is 4. The van der Waals surface area contributed by atoms with Gasteiger partial charge in [0.15, 0.2) is 11.5 Å². The Labute approximate surface area is 166 Å². The van der Waals surface area contributed by atoms with Crippen molar-refractivity contribution >= 4 is 55.3 Å². The third kappa shape index (κ3) is 3.23. The quantitative estimate of drug-likeness (QED) is 0.377. The molecule has 1 aromatic carbocycles. The van der Waals surface area contributed by atoms with E-state index in [0.29, 0.717) is 22.2 Å². The van der Waals surface area contributed by atoms with Crippen molar-refractivity contribution < 1.29 is 13.2 Å². The van der Waals surface area contributed by atoms with E-state index >= 15 is 0 Å². The standard InChI is InChI=1S/C16H9ClF3IN6/c17-12-2-1-8(16(18,19)20)5-13(12)27-15-11(7-25-27)9(3-4-23-15)10-6-24-21-26-14(10)22/h1-7H,(H2,22,24,26). The third-order valence-electron chi connectivity index (χ3n) is 3.89. The van der Waals surface area contributed by atoms with Gasteiger partial charge in [0.2, 0.25) is 0 Å². The van der Waals surface area contributed by atoms with Crippen LogP contribution in [0.1, 0.15) is 11.1 Å². The van der Waals surface area contributed by atoms with E-state index in [2.05, 4.69) is 16.8 Å². The minimum atomic E-state index is -4.50. The van der Waals surface area contributed by atoms with Crippen LogP contribution in [-0.2, 0) is 6.18 Å². The number of halogens is 5. The lowest BCUT2D eigenvalue weighted by molar-refractivity contribution is -0.137. The van der Waals surface area contributed by atoms with Gasteiger partial charge in [0, 0.05) is 28.9 Å². The van der Waals surface area contributed by atoms with Gasteiger partial charge in [-0.25, -0.2) is 9.67 Å². The molecular formula is C16H9ClF3IN6. The van der Waals surface area contributed by atoms with Crippen molar-refractivity contribution in [1.82, 2.24) is 18.3 Å². The molecule has 1 aliphatic rings. The number of aromatic nitrogens is 3. The maximum atomic E-state index is 13.1. The Kier molecular flexibility index (Phi) is 4.46. The minimum absolute atomic E-state index is 0.0764. The summed E-state index contributed by atoms with van der Waals surface area (Å²) in [6.45, 7) is 0. The van der Waals surface area contributed by atoms with Gasteiger partial charge in [-0.05, 0) is 24.3 Å². The summed E-state index contributed by atoms with van der Waals surface area (Å²) in [4.78, 5) is 4.25. The van der Waals surface area contributed by atoms with Gasteiger partial charge in [-0.15, -0.1) is 0 Å². The Morgan fingerprint density at radius 1 is 1.22 bits per heavy atom. The van der Waals surface area contributed by atoms with Gasteiger partial charge in [-0.1, -0.05) is 11.6 Å². The largest absolute Gasteiger partial charge is 0.416 e. The molecule has 138 valence electrons. The molecule has 2 aromatic heterocycles. The molecule has 3 aromatic rings. The molecule has 0 aliphatic carbocycles. The molecule has 3 heterocycles. The molecule has 0 spiro atoms. The summed E-state index contributed by atoms with van der Waals surface area (Å²) in [5.74, 6) is 0.152. The van der Waals surface area contributed by atoms with Gasteiger partial charge in [0.25, 0.3) is 0 Å². The van der Waals surface area contributed by atoms with Crippen molar-refractivity contribution in [1.29, 1.82) is 5.41 Å². The number of benzene rings is 1. The Hall–Kier alpha value is -2.34. The van der Waals surface area contributed by atoms with Crippen LogP contribution in [0.3, 0.4) is 0 Å². The highest BCUT2D eigenvalue weighted by atomic mass is 127. The highest BCUT2D eigenvalue weighted by Crippen LogP contribution is 2.34. The first kappa shape index (κ1) is 18.0. The number of amidine groups is 1. The number of fused-ring (bicyclic) bond motifs is 1. The Morgan fingerprint density at radius 3 is 2.78 bits per heavy atom. The first-order valence-corrected chi connectivity index (χ1v) is 9.87. The number of hydrogen-bond acceptors (Lipinski definition) is 4. The summed E-state index contributed by atoms with van der Waals surface area (Å²) in [5.41, 5.74) is 0.822. The number of hydrogen-bond donors (Lipinski definition) is 2. The average molecular weight is 505 g/mol. The molecule has 0 fully saturated rings. The van der Waals surface area contributed by atoms with Gasteiger partial charge >= 0.3 is 6.18 Å². The van der Waals surface area contributed by atoms with Crippen LogP contribution in [0.5, 0.6) is 0 Å². The van der Waals surface area contributed by atoms with Crippen LogP contribution < -0.4 is 3.53 Å². The van der Waals surface area contributed by atoms with Crippen LogP contribution in [0, 0.1) is 5.41 Å². The fourth-order valence-electron chi connectivity index (χ4n) is 2.66. The second-order valence-electron chi connectivity index (χ2n) is 5.50. The zero-order valence-corrected chi connectivity index (χ0v) is 16.1. The van der Waals surface area contributed by atoms with E-state index in [4.69, 9.17) is 17.0 Å². The predicted molar refractivity (Wildman–Crippen MR) is 104 cm³/mol. The summed E-state index contributed by atoms with van der Waals surface area (Å²) >= 11 is 5.50. The van der Waals surface area contributed by atoms with Gasteiger partial charge in [-0.3, -0.25) is 5.41 Å². The first-order valence-electron chi connectivity index (χ1n) is 7.45. The van der Waals surface area contributed by atoms with Crippen LogP contribution in [0.2, 0.25) is 5.02 Å². The lowest BCUT2D eigenvalue weighted by atomic mass is 10.0. The lowest BCUT2D eigenvalue weighted by Gasteiger charge is -2.12. The summed E-state index contributed by atoms with van der Waals surface area (Å²) in [6, 6.07) is 4.75. The molecule has 2 N–H and O–H groups in total. The number of pyridine rings is 1. The van der Waals surface area contributed by atoms with E-state index in [1.807, 2.05) is 0 Å². The van der Waals surface area contributed by atoms with Gasteiger partial charge in [-0.2, -0.15) is 21.4 Å². The maximum Gasteiger partial charge on any atom is 0.416 e. The molecular weight excluding hydrogens is 496 g/mol. The van der Waals surface area contributed by atoms with E-state index in [1.165, 1.54) is 23.1 Å². The van der Waals surface area contributed by atoms with Crippen molar-refractivity contribution in [3.8, 4) is 5.69 Å². The number of alkyl halides is 3. The second kappa shape index (κ2) is 6.68. The molecule has 0 radical (unpaired) electrons. The normalized spacial score (nSPS) is 14.7. The molecule has 0 amide bonds. The first-order chi connectivity index (χ1) is 12.9. The molecule has 0 saturated heterocycles. The number of rotatable bonds is 2. The van der Waals surface area contributed by atoms with Crippen LogP contribution in [0.4, 0.5) is 13.2 Å². The van der Waals surface area contributed by atoms with Gasteiger partial charge in [0.1, 0.15) is 21.3 Å². The third-order valence-corrected chi connectivity index (χ3v) is 5.53. The van der Waals surface area contributed by atoms with Gasteiger partial charge in [0.05, 0.1) is 22.5 Å². The second-order valence-corrected chi connectivity index (χ2v) is 7.50. The van der Waals surface area contributed by atoms with Crippen LogP contribution >= 0.6 is 32.9 Å². The van der Waals surface area contributed by atoms with Crippen molar-refractivity contribution in [2.24, 2.45) is 3.15 Å². The van der Waals surface area contributed by atoms with Crippen LogP contribution in [0.15, 0.2) is 46.0 Å². The summed E-state index contributed by atoms with van der Waals surface area (Å²) < 4.78 is 47.7. The monoisotopic (exact) mass is 504 g/mol. The molecule has 1 aliphatic heterocycles. The number of nitrogens with one attached hydrogen (secondary N) is 2. The molecule has 6 nitrogen and oxygen atoms in total. The zero-order valence-electron chi connectivity index (χ0n) is 13.2. The van der Waals surface area contributed by atoms with Crippen molar-refractivity contribution in [3.63, 3.8) is 0 Å². The van der Waals surface area contributed by atoms with Crippen LogP contribution in [-0.4, -0.2) is 20.6 Å². The van der Waals surface area contributed by atoms with Crippen molar-refractivity contribution in [3.05, 3.63) is 59.0 Å². The molecule has 27 heavy (non-hydrogen) atoms. The summed E-state index contributed by atoms with van der Waals surface area (Å²) in [5, 5.41) is 12.9. The Balaban J connectivity index is 1.90. The smallest absolute Gasteiger partial charge is 0.325 e. The zero-order chi connectivity index (χ0) is 19.2. The molecule has 0 bridgehead atoms. The summed E-state index contributed by atoms with van der Waals surface area (Å²) in [7, 11) is 0. The molecule has 0 saturated carbocycles. The Morgan fingerprint density at radius 2 is 2.04 bits per heavy atom. The lowest BCUT2D eigenvalue weighted by Crippen LogP contribution is -2.07. The topological polar surface area (TPSA) is 79.0 Å². The van der Waals surface area contributed by atoms with E-state index in [0.717, 1.165) is 12.1 Å². The van der Waals surface area contributed by atoms with E-state index in [-0.39, 0.29) is 16.5 Å². The fraction of sp³-hybridized carbons (Fsp3) is 0.0625. The SMILES string of the molecule is N=C1N=INC=C1c1ccnc2c1cnn2-c1cc(C(F)(F)F)ccc1Cl. The minimum Gasteiger partial charge on any atom is -0.325 e. The highest BCUT2D eigenvalue weighted by Gasteiger charge is 2.31. The molecule has 4 rings (SSSR count). The maximum absolute atomic E-state index is 13.1. The average Bonchev–Trinajstić information content (AvgIpc) is 3.06.